The van der Waals surface area contributed by atoms with Gasteiger partial charge in [0.1, 0.15) is 5.69 Å². The third-order valence-corrected chi connectivity index (χ3v) is 4.38. The monoisotopic (exact) mass is 275 g/mol. The summed E-state index contributed by atoms with van der Waals surface area (Å²) in [7, 11) is 0. The first-order chi connectivity index (χ1) is 9.22. The van der Waals surface area contributed by atoms with Crippen molar-refractivity contribution in [3.8, 4) is 0 Å². The number of carbonyl (C=O) groups is 1. The number of nitrogens with zero attached hydrogens (tertiary/aromatic N) is 3. The maximum Gasteiger partial charge on any atom is 0.188 e. The molecule has 4 nitrogen and oxygen atoms in total. The fraction of sp³-hybridized carbons (Fsp3) is 0.500. The minimum atomic E-state index is 0.0565. The molecular formula is C14H17N3OS. The second kappa shape index (κ2) is 5.25. The third-order valence-electron chi connectivity index (χ3n) is 3.61. The minimum Gasteiger partial charge on any atom is -0.292 e. The van der Waals surface area contributed by atoms with Gasteiger partial charge < -0.3 is 0 Å². The van der Waals surface area contributed by atoms with Crippen molar-refractivity contribution in [2.75, 3.05) is 0 Å². The van der Waals surface area contributed by atoms with Crippen LogP contribution in [0.5, 0.6) is 0 Å². The van der Waals surface area contributed by atoms with E-state index in [4.69, 9.17) is 0 Å². The van der Waals surface area contributed by atoms with Crippen LogP contribution in [0.25, 0.3) is 0 Å². The standard InChI is InChI=1S/C14H17N3OS/c1-10-15-13(9-19-10)14(18)8-11-6-7-17(16-11)12-4-2-3-5-12/h6-7,9,12H,2-5,8H2,1H3. The highest BCUT2D eigenvalue weighted by Gasteiger charge is 2.18. The van der Waals surface area contributed by atoms with Gasteiger partial charge in [-0.15, -0.1) is 11.3 Å². The van der Waals surface area contributed by atoms with Crippen LogP contribution in [0.15, 0.2) is 17.6 Å². The molecule has 2 aromatic rings. The molecule has 19 heavy (non-hydrogen) atoms. The van der Waals surface area contributed by atoms with Gasteiger partial charge in [0.25, 0.3) is 0 Å². The van der Waals surface area contributed by atoms with Crippen molar-refractivity contribution in [2.45, 2.75) is 45.1 Å². The molecule has 0 bridgehead atoms. The van der Waals surface area contributed by atoms with Crippen LogP contribution in [0.3, 0.4) is 0 Å². The summed E-state index contributed by atoms with van der Waals surface area (Å²) in [6.07, 6.45) is 7.35. The molecule has 0 aromatic carbocycles. The molecule has 2 heterocycles. The van der Waals surface area contributed by atoms with Crippen molar-refractivity contribution in [1.29, 1.82) is 0 Å². The molecule has 0 unspecified atom stereocenters. The van der Waals surface area contributed by atoms with Crippen molar-refractivity contribution in [3.05, 3.63) is 34.0 Å². The molecule has 0 amide bonds. The van der Waals surface area contributed by atoms with Gasteiger partial charge in [0.2, 0.25) is 0 Å². The molecule has 0 spiro atoms. The topological polar surface area (TPSA) is 47.8 Å². The van der Waals surface area contributed by atoms with E-state index in [-0.39, 0.29) is 5.78 Å². The number of ketones is 1. The molecular weight excluding hydrogens is 258 g/mol. The number of hydrogen-bond acceptors (Lipinski definition) is 4. The zero-order chi connectivity index (χ0) is 13.2. The predicted molar refractivity (Wildman–Crippen MR) is 74.6 cm³/mol. The van der Waals surface area contributed by atoms with E-state index < -0.39 is 0 Å². The van der Waals surface area contributed by atoms with Crippen LogP contribution in [0.4, 0.5) is 0 Å². The Morgan fingerprint density at radius 2 is 2.26 bits per heavy atom. The average Bonchev–Trinajstić information content (AvgIpc) is 3.07. The highest BCUT2D eigenvalue weighted by molar-refractivity contribution is 7.09. The summed E-state index contributed by atoms with van der Waals surface area (Å²) in [4.78, 5) is 16.3. The predicted octanol–water partition coefficient (Wildman–Crippen LogP) is 3.19. The van der Waals surface area contributed by atoms with Crippen molar-refractivity contribution in [2.24, 2.45) is 0 Å². The second-order valence-corrected chi connectivity index (χ2v) is 6.14. The number of carbonyl (C=O) groups excluding carboxylic acids is 1. The molecule has 1 saturated carbocycles. The number of hydrogen-bond donors (Lipinski definition) is 0. The summed E-state index contributed by atoms with van der Waals surface area (Å²) in [5.74, 6) is 0.0565. The zero-order valence-corrected chi connectivity index (χ0v) is 11.8. The third kappa shape index (κ3) is 2.76. The van der Waals surface area contributed by atoms with Crippen molar-refractivity contribution < 1.29 is 4.79 Å². The number of aromatic nitrogens is 3. The number of aryl methyl sites for hydroxylation is 1. The molecule has 1 fully saturated rings. The molecule has 0 aliphatic heterocycles. The van der Waals surface area contributed by atoms with E-state index in [1.165, 1.54) is 37.0 Å². The quantitative estimate of drug-likeness (QED) is 0.805. The Hall–Kier alpha value is -1.49. The van der Waals surface area contributed by atoms with Crippen LogP contribution in [0, 0.1) is 6.92 Å². The fourth-order valence-corrected chi connectivity index (χ4v) is 3.21. The zero-order valence-electron chi connectivity index (χ0n) is 11.0. The molecule has 1 aliphatic carbocycles. The van der Waals surface area contributed by atoms with Crippen LogP contribution in [0.1, 0.15) is 52.9 Å². The lowest BCUT2D eigenvalue weighted by atomic mass is 10.2. The first-order valence-electron chi connectivity index (χ1n) is 6.72. The molecule has 0 radical (unpaired) electrons. The van der Waals surface area contributed by atoms with Gasteiger partial charge in [0, 0.05) is 11.6 Å². The van der Waals surface area contributed by atoms with E-state index in [0.29, 0.717) is 18.2 Å². The number of Topliss-reactive ketones (excluding diaryl/α,β-unsaturated/α-hetero) is 1. The molecule has 0 saturated heterocycles. The van der Waals surface area contributed by atoms with Crippen molar-refractivity contribution in [1.82, 2.24) is 14.8 Å². The van der Waals surface area contributed by atoms with Crippen LogP contribution < -0.4 is 0 Å². The lowest BCUT2D eigenvalue weighted by Crippen LogP contribution is -2.08. The van der Waals surface area contributed by atoms with Gasteiger partial charge in [-0.05, 0) is 25.8 Å². The van der Waals surface area contributed by atoms with Crippen LogP contribution in [-0.4, -0.2) is 20.5 Å². The van der Waals surface area contributed by atoms with E-state index in [9.17, 15) is 4.79 Å². The van der Waals surface area contributed by atoms with Gasteiger partial charge >= 0.3 is 0 Å². The van der Waals surface area contributed by atoms with E-state index >= 15 is 0 Å². The molecule has 1 aliphatic rings. The van der Waals surface area contributed by atoms with Crippen LogP contribution in [-0.2, 0) is 6.42 Å². The number of rotatable bonds is 4. The van der Waals surface area contributed by atoms with E-state index in [1.54, 1.807) is 0 Å². The first kappa shape index (κ1) is 12.5. The fourth-order valence-electron chi connectivity index (χ4n) is 2.59. The summed E-state index contributed by atoms with van der Waals surface area (Å²) in [5.41, 5.74) is 1.42. The summed E-state index contributed by atoms with van der Waals surface area (Å²) in [6.45, 7) is 1.91. The summed E-state index contributed by atoms with van der Waals surface area (Å²) in [6, 6.07) is 2.49. The Balaban J connectivity index is 1.68. The van der Waals surface area contributed by atoms with Gasteiger partial charge in [0.05, 0.1) is 23.2 Å². The summed E-state index contributed by atoms with van der Waals surface area (Å²) >= 11 is 1.51. The van der Waals surface area contributed by atoms with Crippen LogP contribution in [0.2, 0.25) is 0 Å². The van der Waals surface area contributed by atoms with E-state index in [1.807, 2.05) is 29.2 Å². The number of thiazole rings is 1. The summed E-state index contributed by atoms with van der Waals surface area (Å²) < 4.78 is 2.03. The highest BCUT2D eigenvalue weighted by atomic mass is 32.1. The Kier molecular flexibility index (Phi) is 3.46. The minimum absolute atomic E-state index is 0.0565. The Bertz CT molecular complexity index is 581. The lowest BCUT2D eigenvalue weighted by Gasteiger charge is -2.08. The molecule has 0 atom stereocenters. The smallest absolute Gasteiger partial charge is 0.188 e. The van der Waals surface area contributed by atoms with Crippen molar-refractivity contribution >= 4 is 17.1 Å². The second-order valence-electron chi connectivity index (χ2n) is 5.08. The largest absolute Gasteiger partial charge is 0.292 e. The maximum atomic E-state index is 12.1. The molecule has 3 rings (SSSR count). The Labute approximate surface area is 116 Å². The average molecular weight is 275 g/mol. The Morgan fingerprint density at radius 1 is 1.47 bits per heavy atom. The molecule has 5 heteroatoms. The lowest BCUT2D eigenvalue weighted by molar-refractivity contribution is 0.0987. The van der Waals surface area contributed by atoms with Gasteiger partial charge in [-0.25, -0.2) is 4.98 Å². The van der Waals surface area contributed by atoms with E-state index in [2.05, 4.69) is 10.1 Å². The van der Waals surface area contributed by atoms with Crippen molar-refractivity contribution in [3.63, 3.8) is 0 Å². The molecule has 2 aromatic heterocycles. The molecule has 100 valence electrons. The van der Waals surface area contributed by atoms with Crippen LogP contribution >= 0.6 is 11.3 Å². The van der Waals surface area contributed by atoms with Gasteiger partial charge in [-0.3, -0.25) is 9.48 Å². The molecule has 0 N–H and O–H groups in total. The maximum absolute atomic E-state index is 12.1. The summed E-state index contributed by atoms with van der Waals surface area (Å²) in [5, 5.41) is 7.29. The Morgan fingerprint density at radius 3 is 2.95 bits per heavy atom. The first-order valence-corrected chi connectivity index (χ1v) is 7.60. The highest BCUT2D eigenvalue weighted by Crippen LogP contribution is 2.28. The van der Waals surface area contributed by atoms with Gasteiger partial charge in [-0.2, -0.15) is 5.10 Å². The van der Waals surface area contributed by atoms with Gasteiger partial charge in [-0.1, -0.05) is 12.8 Å². The van der Waals surface area contributed by atoms with Gasteiger partial charge in [0.15, 0.2) is 5.78 Å². The normalized spacial score (nSPS) is 16.1. The SMILES string of the molecule is Cc1nc(C(=O)Cc2ccn(C3CCCC3)n2)cs1. The van der Waals surface area contributed by atoms with E-state index in [0.717, 1.165) is 10.7 Å².